The van der Waals surface area contributed by atoms with Crippen LogP contribution in [0.5, 0.6) is 0 Å². The van der Waals surface area contributed by atoms with E-state index in [1.165, 1.54) is 7.11 Å². The van der Waals surface area contributed by atoms with E-state index in [-0.39, 0.29) is 0 Å². The van der Waals surface area contributed by atoms with Crippen molar-refractivity contribution in [3.8, 4) is 0 Å². The molecule has 1 unspecified atom stereocenters. The summed E-state index contributed by atoms with van der Waals surface area (Å²) in [5, 5.41) is 8.95. The minimum atomic E-state index is -1.15. The van der Waals surface area contributed by atoms with Gasteiger partial charge in [0.25, 0.3) is 0 Å². The summed E-state index contributed by atoms with van der Waals surface area (Å²) in [6.07, 6.45) is 2.68. The standard InChI is InChI=1S/C10H18O4/c1-4-5-7-14-10(2,9(11)12)6-8-13-3/h4H,1,5-8H2,2-3H3,(H,11,12). The summed E-state index contributed by atoms with van der Waals surface area (Å²) in [6, 6.07) is 0. The van der Waals surface area contributed by atoms with Gasteiger partial charge in [-0.15, -0.1) is 6.58 Å². The van der Waals surface area contributed by atoms with Gasteiger partial charge in [0, 0.05) is 20.1 Å². The van der Waals surface area contributed by atoms with Crippen LogP contribution in [0.25, 0.3) is 0 Å². The molecule has 0 fully saturated rings. The Labute approximate surface area is 84.5 Å². The lowest BCUT2D eigenvalue weighted by Crippen LogP contribution is -2.39. The zero-order chi connectivity index (χ0) is 11.0. The van der Waals surface area contributed by atoms with Gasteiger partial charge < -0.3 is 14.6 Å². The van der Waals surface area contributed by atoms with Crippen molar-refractivity contribution in [3.05, 3.63) is 12.7 Å². The summed E-state index contributed by atoms with van der Waals surface area (Å²) in [6.45, 7) is 5.83. The number of hydrogen-bond donors (Lipinski definition) is 1. The predicted octanol–water partition coefficient (Wildman–Crippen LogP) is 1.46. The summed E-state index contributed by atoms with van der Waals surface area (Å²) in [4.78, 5) is 10.9. The van der Waals surface area contributed by atoms with Crippen molar-refractivity contribution in [3.63, 3.8) is 0 Å². The second kappa shape index (κ2) is 6.56. The van der Waals surface area contributed by atoms with E-state index >= 15 is 0 Å². The third-order valence-electron chi connectivity index (χ3n) is 1.98. The lowest BCUT2D eigenvalue weighted by atomic mass is 10.0. The number of aliphatic carboxylic acids is 1. The van der Waals surface area contributed by atoms with E-state index in [9.17, 15) is 4.79 Å². The molecule has 1 atom stereocenters. The number of ether oxygens (including phenoxy) is 2. The summed E-state index contributed by atoms with van der Waals surface area (Å²) < 4.78 is 10.1. The van der Waals surface area contributed by atoms with Gasteiger partial charge in [0.2, 0.25) is 0 Å². The topological polar surface area (TPSA) is 55.8 Å². The first-order valence-corrected chi connectivity index (χ1v) is 4.54. The zero-order valence-electron chi connectivity index (χ0n) is 8.78. The number of carboxylic acids is 1. The Balaban J connectivity index is 4.09. The third kappa shape index (κ3) is 4.39. The SMILES string of the molecule is C=CCCOC(C)(CCOC)C(=O)O. The summed E-state index contributed by atoms with van der Waals surface area (Å²) in [7, 11) is 1.53. The lowest BCUT2D eigenvalue weighted by Gasteiger charge is -2.24. The fraction of sp³-hybridized carbons (Fsp3) is 0.700. The largest absolute Gasteiger partial charge is 0.479 e. The van der Waals surface area contributed by atoms with Crippen LogP contribution in [-0.2, 0) is 14.3 Å². The molecule has 0 spiro atoms. The maximum Gasteiger partial charge on any atom is 0.335 e. The van der Waals surface area contributed by atoms with Crippen LogP contribution in [0.3, 0.4) is 0 Å². The van der Waals surface area contributed by atoms with Gasteiger partial charge in [0.15, 0.2) is 5.60 Å². The van der Waals surface area contributed by atoms with Gasteiger partial charge in [0.05, 0.1) is 6.61 Å². The van der Waals surface area contributed by atoms with E-state index in [0.29, 0.717) is 26.1 Å². The summed E-state index contributed by atoms with van der Waals surface area (Å²) in [5.74, 6) is -0.960. The monoisotopic (exact) mass is 202 g/mol. The van der Waals surface area contributed by atoms with Crippen molar-refractivity contribution >= 4 is 5.97 Å². The molecule has 0 amide bonds. The highest BCUT2D eigenvalue weighted by atomic mass is 16.5. The zero-order valence-corrected chi connectivity index (χ0v) is 8.78. The molecule has 0 aromatic heterocycles. The van der Waals surface area contributed by atoms with Crippen LogP contribution in [0, 0.1) is 0 Å². The Morgan fingerprint density at radius 2 is 2.21 bits per heavy atom. The van der Waals surface area contributed by atoms with Crippen molar-refractivity contribution in [1.29, 1.82) is 0 Å². The molecule has 82 valence electrons. The maximum absolute atomic E-state index is 10.9. The molecule has 0 aromatic rings. The van der Waals surface area contributed by atoms with Gasteiger partial charge in [-0.3, -0.25) is 0 Å². The normalized spacial score (nSPS) is 14.7. The molecule has 0 aromatic carbocycles. The molecular weight excluding hydrogens is 184 g/mol. The van der Waals surface area contributed by atoms with Crippen LogP contribution in [0.4, 0.5) is 0 Å². The van der Waals surface area contributed by atoms with E-state index in [0.717, 1.165) is 0 Å². The van der Waals surface area contributed by atoms with Crippen molar-refractivity contribution in [1.82, 2.24) is 0 Å². The number of carboxylic acid groups (broad SMARTS) is 1. The van der Waals surface area contributed by atoms with Crippen molar-refractivity contribution in [2.45, 2.75) is 25.4 Å². The van der Waals surface area contributed by atoms with Gasteiger partial charge in [-0.25, -0.2) is 4.79 Å². The number of hydrogen-bond acceptors (Lipinski definition) is 3. The average Bonchev–Trinajstić information content (AvgIpc) is 2.15. The van der Waals surface area contributed by atoms with E-state index in [4.69, 9.17) is 14.6 Å². The molecule has 0 saturated heterocycles. The molecule has 0 bridgehead atoms. The summed E-state index contributed by atoms with van der Waals surface area (Å²) in [5.41, 5.74) is -1.15. The van der Waals surface area contributed by atoms with Crippen LogP contribution in [0.15, 0.2) is 12.7 Å². The Bertz CT molecular complexity index is 191. The van der Waals surface area contributed by atoms with Crippen LogP contribution < -0.4 is 0 Å². The summed E-state index contributed by atoms with van der Waals surface area (Å²) >= 11 is 0. The highest BCUT2D eigenvalue weighted by molar-refractivity contribution is 5.76. The van der Waals surface area contributed by atoms with E-state index in [1.807, 2.05) is 0 Å². The molecule has 0 rings (SSSR count). The quantitative estimate of drug-likeness (QED) is 0.478. The van der Waals surface area contributed by atoms with E-state index < -0.39 is 11.6 Å². The van der Waals surface area contributed by atoms with Gasteiger partial charge in [-0.1, -0.05) is 6.08 Å². The van der Waals surface area contributed by atoms with Crippen molar-refractivity contribution in [2.75, 3.05) is 20.3 Å². The lowest BCUT2D eigenvalue weighted by molar-refractivity contribution is -0.165. The van der Waals surface area contributed by atoms with E-state index in [1.54, 1.807) is 13.0 Å². The fourth-order valence-corrected chi connectivity index (χ4v) is 0.905. The smallest absolute Gasteiger partial charge is 0.335 e. The van der Waals surface area contributed by atoms with Crippen LogP contribution in [-0.4, -0.2) is 37.0 Å². The van der Waals surface area contributed by atoms with Gasteiger partial charge >= 0.3 is 5.97 Å². The molecule has 1 N–H and O–H groups in total. The van der Waals surface area contributed by atoms with Crippen LogP contribution in [0.1, 0.15) is 19.8 Å². The number of methoxy groups -OCH3 is 1. The molecule has 0 aliphatic heterocycles. The Morgan fingerprint density at radius 1 is 1.57 bits per heavy atom. The van der Waals surface area contributed by atoms with Gasteiger partial charge in [-0.2, -0.15) is 0 Å². The minimum absolute atomic E-state index is 0.343. The highest BCUT2D eigenvalue weighted by Crippen LogP contribution is 2.16. The maximum atomic E-state index is 10.9. The molecular formula is C10H18O4. The molecule has 0 aliphatic carbocycles. The predicted molar refractivity (Wildman–Crippen MR) is 53.3 cm³/mol. The molecule has 4 nitrogen and oxygen atoms in total. The minimum Gasteiger partial charge on any atom is -0.479 e. The first-order chi connectivity index (χ1) is 6.56. The van der Waals surface area contributed by atoms with Crippen molar-refractivity contribution in [2.24, 2.45) is 0 Å². The first kappa shape index (κ1) is 13.1. The Morgan fingerprint density at radius 3 is 2.64 bits per heavy atom. The Kier molecular flexibility index (Phi) is 6.16. The van der Waals surface area contributed by atoms with Crippen LogP contribution >= 0.6 is 0 Å². The fourth-order valence-electron chi connectivity index (χ4n) is 0.905. The Hall–Kier alpha value is -0.870. The molecule has 4 heteroatoms. The third-order valence-corrected chi connectivity index (χ3v) is 1.98. The van der Waals surface area contributed by atoms with Gasteiger partial charge in [-0.05, 0) is 13.3 Å². The molecule has 14 heavy (non-hydrogen) atoms. The van der Waals surface area contributed by atoms with Crippen LogP contribution in [0.2, 0.25) is 0 Å². The highest BCUT2D eigenvalue weighted by Gasteiger charge is 2.33. The van der Waals surface area contributed by atoms with Gasteiger partial charge in [0.1, 0.15) is 0 Å². The molecule has 0 radical (unpaired) electrons. The first-order valence-electron chi connectivity index (χ1n) is 4.54. The number of carbonyl (C=O) groups is 1. The molecule has 0 saturated carbocycles. The molecule has 0 heterocycles. The molecule has 0 aliphatic rings. The second-order valence-electron chi connectivity index (χ2n) is 3.20. The van der Waals surface area contributed by atoms with E-state index in [2.05, 4.69) is 6.58 Å². The number of rotatable bonds is 8. The average molecular weight is 202 g/mol. The van der Waals surface area contributed by atoms with Crippen molar-refractivity contribution < 1.29 is 19.4 Å². The second-order valence-corrected chi connectivity index (χ2v) is 3.20.